The van der Waals surface area contributed by atoms with Crippen LogP contribution in [0.5, 0.6) is 5.75 Å². The van der Waals surface area contributed by atoms with Crippen molar-refractivity contribution in [2.75, 3.05) is 6.61 Å². The van der Waals surface area contributed by atoms with Gasteiger partial charge in [-0.05, 0) is 48.2 Å². The zero-order valence-corrected chi connectivity index (χ0v) is 15.6. The van der Waals surface area contributed by atoms with E-state index in [0.29, 0.717) is 23.6 Å². The van der Waals surface area contributed by atoms with Gasteiger partial charge >= 0.3 is 0 Å². The first kappa shape index (κ1) is 21.3. The zero-order valence-electron chi connectivity index (χ0n) is 14.8. The van der Waals surface area contributed by atoms with E-state index in [4.69, 9.17) is 16.3 Å². The minimum Gasteiger partial charge on any atom is -0.494 e. The molecule has 0 unspecified atom stereocenters. The lowest BCUT2D eigenvalue weighted by Crippen LogP contribution is -2.41. The van der Waals surface area contributed by atoms with Crippen LogP contribution < -0.4 is 4.74 Å². The van der Waals surface area contributed by atoms with Crippen molar-refractivity contribution in [2.45, 2.75) is 37.8 Å². The molecular formula is C20H23ClO6. The number of rotatable bonds is 9. The van der Waals surface area contributed by atoms with Gasteiger partial charge < -0.3 is 30.0 Å². The summed E-state index contributed by atoms with van der Waals surface area (Å²) in [6.07, 6.45) is -6.23. The van der Waals surface area contributed by atoms with Crippen LogP contribution in [0.1, 0.15) is 29.7 Å². The maximum absolute atomic E-state index is 10.5. The van der Waals surface area contributed by atoms with E-state index in [0.717, 1.165) is 16.9 Å². The largest absolute Gasteiger partial charge is 0.494 e. The first-order valence-electron chi connectivity index (χ1n) is 8.55. The van der Waals surface area contributed by atoms with Crippen molar-refractivity contribution >= 4 is 17.9 Å². The van der Waals surface area contributed by atoms with Gasteiger partial charge in [-0.3, -0.25) is 0 Å². The Hall–Kier alpha value is -1.96. The Morgan fingerprint density at radius 2 is 1.70 bits per heavy atom. The van der Waals surface area contributed by atoms with Crippen molar-refractivity contribution in [3.8, 4) is 5.75 Å². The fraction of sp³-hybridized carbons (Fsp3) is 0.350. The van der Waals surface area contributed by atoms with Gasteiger partial charge in [-0.15, -0.1) is 0 Å². The van der Waals surface area contributed by atoms with Crippen molar-refractivity contribution < 1.29 is 30.0 Å². The number of benzene rings is 2. The fourth-order valence-corrected chi connectivity index (χ4v) is 2.86. The highest BCUT2D eigenvalue weighted by molar-refractivity contribution is 6.31. The SMILES string of the molecule is CCOc1ccc(Cc2cc([C@H](O)[C@H](O)[C@H](O)[C@@H](O)C=O)ccc2Cl)cc1. The molecule has 4 N–H and O–H groups in total. The zero-order chi connectivity index (χ0) is 20.0. The van der Waals surface area contributed by atoms with Gasteiger partial charge in [0.2, 0.25) is 0 Å². The molecule has 0 saturated carbocycles. The van der Waals surface area contributed by atoms with E-state index < -0.39 is 24.4 Å². The average molecular weight is 395 g/mol. The topological polar surface area (TPSA) is 107 Å². The van der Waals surface area contributed by atoms with Gasteiger partial charge in [0.05, 0.1) is 6.61 Å². The molecule has 0 aliphatic carbocycles. The standard InChI is InChI=1S/C20H23ClO6/c1-2-27-15-6-3-12(4-7-15)9-14-10-13(5-8-16(14)21)18(24)20(26)19(25)17(23)11-22/h3-8,10-11,17-20,23-26H,2,9H2,1H3/t17-,18-,19+,20-/m0/s1. The Labute approximate surface area is 162 Å². The smallest absolute Gasteiger partial charge is 0.151 e. The molecule has 0 spiro atoms. The van der Waals surface area contributed by atoms with Crippen LogP contribution in [0.25, 0.3) is 0 Å². The second-order valence-corrected chi connectivity index (χ2v) is 6.56. The van der Waals surface area contributed by atoms with Gasteiger partial charge in [-0.1, -0.05) is 35.9 Å². The lowest BCUT2D eigenvalue weighted by atomic mass is 9.95. The number of hydrogen-bond acceptors (Lipinski definition) is 6. The lowest BCUT2D eigenvalue weighted by molar-refractivity contribution is -0.134. The van der Waals surface area contributed by atoms with Gasteiger partial charge in [-0.2, -0.15) is 0 Å². The van der Waals surface area contributed by atoms with Gasteiger partial charge in [-0.25, -0.2) is 0 Å². The van der Waals surface area contributed by atoms with E-state index in [2.05, 4.69) is 0 Å². The van der Waals surface area contributed by atoms with E-state index in [1.807, 2.05) is 31.2 Å². The first-order valence-corrected chi connectivity index (χ1v) is 8.92. The number of carbonyl (C=O) groups is 1. The van der Waals surface area contributed by atoms with Crippen molar-refractivity contribution in [2.24, 2.45) is 0 Å². The number of hydrogen-bond donors (Lipinski definition) is 4. The summed E-state index contributed by atoms with van der Waals surface area (Å²) in [6, 6.07) is 12.2. The number of aldehydes is 1. The third kappa shape index (κ3) is 5.51. The number of halogens is 1. The molecule has 2 rings (SSSR count). The minimum atomic E-state index is -1.80. The Kier molecular flexibility index (Phi) is 7.77. The summed E-state index contributed by atoms with van der Waals surface area (Å²) in [7, 11) is 0. The number of carbonyl (C=O) groups excluding carboxylic acids is 1. The Morgan fingerprint density at radius 3 is 2.30 bits per heavy atom. The molecule has 2 aromatic carbocycles. The first-order chi connectivity index (χ1) is 12.9. The van der Waals surface area contributed by atoms with Crippen LogP contribution >= 0.6 is 11.6 Å². The average Bonchev–Trinajstić information content (AvgIpc) is 2.69. The van der Waals surface area contributed by atoms with Crippen molar-refractivity contribution in [1.82, 2.24) is 0 Å². The fourth-order valence-electron chi connectivity index (χ4n) is 2.67. The number of aliphatic hydroxyl groups excluding tert-OH is 4. The van der Waals surface area contributed by atoms with Crippen LogP contribution in [0.15, 0.2) is 42.5 Å². The third-order valence-electron chi connectivity index (χ3n) is 4.20. The van der Waals surface area contributed by atoms with E-state index in [9.17, 15) is 25.2 Å². The van der Waals surface area contributed by atoms with Gasteiger partial charge in [0.25, 0.3) is 0 Å². The van der Waals surface area contributed by atoms with Crippen LogP contribution in [0.2, 0.25) is 5.02 Å². The van der Waals surface area contributed by atoms with E-state index in [1.165, 1.54) is 6.07 Å². The van der Waals surface area contributed by atoms with Crippen molar-refractivity contribution in [3.63, 3.8) is 0 Å². The van der Waals surface area contributed by atoms with Gasteiger partial charge in [0.1, 0.15) is 30.2 Å². The summed E-state index contributed by atoms with van der Waals surface area (Å²) in [6.45, 7) is 2.49. The predicted octanol–water partition coefficient (Wildman–Crippen LogP) is 1.64. The molecule has 6 nitrogen and oxygen atoms in total. The van der Waals surface area contributed by atoms with E-state index in [-0.39, 0.29) is 6.29 Å². The Balaban J connectivity index is 2.18. The molecule has 0 saturated heterocycles. The molecule has 0 aromatic heterocycles. The molecule has 146 valence electrons. The highest BCUT2D eigenvalue weighted by Crippen LogP contribution is 2.27. The minimum absolute atomic E-state index is 0.0970. The van der Waals surface area contributed by atoms with Crippen LogP contribution in [-0.4, -0.2) is 51.6 Å². The highest BCUT2D eigenvalue weighted by atomic mass is 35.5. The lowest BCUT2D eigenvalue weighted by Gasteiger charge is -2.25. The van der Waals surface area contributed by atoms with Crippen LogP contribution in [-0.2, 0) is 11.2 Å². The molecule has 0 aliphatic rings. The normalized spacial score (nSPS) is 15.6. The number of ether oxygens (including phenoxy) is 1. The molecule has 2 aromatic rings. The highest BCUT2D eigenvalue weighted by Gasteiger charge is 2.31. The van der Waals surface area contributed by atoms with Crippen LogP contribution in [0.4, 0.5) is 0 Å². The quantitative estimate of drug-likeness (QED) is 0.482. The molecular weight excluding hydrogens is 372 g/mol. The van der Waals surface area contributed by atoms with Crippen LogP contribution in [0.3, 0.4) is 0 Å². The monoisotopic (exact) mass is 394 g/mol. The maximum atomic E-state index is 10.5. The molecule has 27 heavy (non-hydrogen) atoms. The summed E-state index contributed by atoms with van der Waals surface area (Å²) in [5, 5.41) is 39.8. The molecule has 0 heterocycles. The second kappa shape index (κ2) is 9.82. The molecule has 4 atom stereocenters. The molecule has 0 amide bonds. The van der Waals surface area contributed by atoms with E-state index in [1.54, 1.807) is 12.1 Å². The van der Waals surface area contributed by atoms with Gasteiger partial charge in [0, 0.05) is 5.02 Å². The summed E-state index contributed by atoms with van der Waals surface area (Å²) >= 11 is 6.24. The maximum Gasteiger partial charge on any atom is 0.151 e. The Morgan fingerprint density at radius 1 is 1.04 bits per heavy atom. The van der Waals surface area contributed by atoms with E-state index >= 15 is 0 Å². The molecule has 0 radical (unpaired) electrons. The van der Waals surface area contributed by atoms with Gasteiger partial charge in [0.15, 0.2) is 6.29 Å². The third-order valence-corrected chi connectivity index (χ3v) is 4.57. The van der Waals surface area contributed by atoms with Crippen molar-refractivity contribution in [3.05, 3.63) is 64.2 Å². The summed E-state index contributed by atoms with van der Waals surface area (Å²) in [4.78, 5) is 10.5. The summed E-state index contributed by atoms with van der Waals surface area (Å²) in [5.74, 6) is 0.766. The second-order valence-electron chi connectivity index (χ2n) is 6.16. The molecule has 0 fully saturated rings. The summed E-state index contributed by atoms with van der Waals surface area (Å²) in [5.41, 5.74) is 2.00. The number of aliphatic hydroxyl groups is 4. The van der Waals surface area contributed by atoms with Crippen LogP contribution in [0, 0.1) is 0 Å². The molecule has 0 aliphatic heterocycles. The molecule has 0 bridgehead atoms. The van der Waals surface area contributed by atoms with Crippen molar-refractivity contribution in [1.29, 1.82) is 0 Å². The Bertz CT molecular complexity index is 749. The predicted molar refractivity (Wildman–Crippen MR) is 101 cm³/mol. The summed E-state index contributed by atoms with van der Waals surface area (Å²) < 4.78 is 5.41. The molecule has 7 heteroatoms.